The number of phenolic OH excluding ortho intramolecular Hbond substituents is 1. The number of aromatic amines is 1. The lowest BCUT2D eigenvalue weighted by atomic mass is 10.0. The maximum Gasteiger partial charge on any atom is 0.255 e. The van der Waals surface area contributed by atoms with E-state index < -0.39 is 0 Å². The average Bonchev–Trinajstić information content (AvgIpc) is 2.66. The van der Waals surface area contributed by atoms with Gasteiger partial charge < -0.3 is 10.1 Å². The summed E-state index contributed by atoms with van der Waals surface area (Å²) in [4.78, 5) is 26.3. The molecule has 0 atom stereocenters. The predicted octanol–water partition coefficient (Wildman–Crippen LogP) is 2.40. The van der Waals surface area contributed by atoms with Crippen LogP contribution in [-0.2, 0) is 19.5 Å². The van der Waals surface area contributed by atoms with E-state index in [9.17, 15) is 9.90 Å². The summed E-state index contributed by atoms with van der Waals surface area (Å²) in [6, 6.07) is 9.26. The van der Waals surface area contributed by atoms with E-state index in [0.29, 0.717) is 36.6 Å². The fraction of sp³-hybridized carbons (Fsp3) is 0.250. The summed E-state index contributed by atoms with van der Waals surface area (Å²) in [5.74, 6) is 0.877. The molecule has 4 rings (SSSR count). The first-order valence-electron chi connectivity index (χ1n) is 8.63. The Morgan fingerprint density at radius 1 is 1.23 bits per heavy atom. The monoisotopic (exact) mass is 348 g/mol. The molecule has 2 N–H and O–H groups in total. The minimum absolute atomic E-state index is 0.0972. The largest absolute Gasteiger partial charge is 0.508 e. The number of benzene rings is 1. The lowest BCUT2D eigenvalue weighted by molar-refractivity contribution is 0.238. The summed E-state index contributed by atoms with van der Waals surface area (Å²) in [6.07, 6.45) is 4.08. The van der Waals surface area contributed by atoms with Gasteiger partial charge in [0.25, 0.3) is 5.56 Å². The average molecular weight is 348 g/mol. The molecule has 0 bridgehead atoms. The van der Waals surface area contributed by atoms with Crippen LogP contribution in [0.1, 0.15) is 22.4 Å². The number of hydrogen-bond acceptors (Lipinski definition) is 5. The van der Waals surface area contributed by atoms with Gasteiger partial charge in [0.15, 0.2) is 0 Å². The quantitative estimate of drug-likeness (QED) is 0.759. The van der Waals surface area contributed by atoms with Gasteiger partial charge in [-0.25, -0.2) is 4.98 Å². The smallest absolute Gasteiger partial charge is 0.255 e. The van der Waals surface area contributed by atoms with Crippen LogP contribution in [0.2, 0.25) is 0 Å². The summed E-state index contributed by atoms with van der Waals surface area (Å²) in [5.41, 5.74) is 4.31. The third-order valence-corrected chi connectivity index (χ3v) is 4.73. The third kappa shape index (κ3) is 3.23. The summed E-state index contributed by atoms with van der Waals surface area (Å²) in [7, 11) is 0. The summed E-state index contributed by atoms with van der Waals surface area (Å²) in [6.45, 7) is 3.94. The number of nitrogens with one attached hydrogen (secondary N) is 1. The van der Waals surface area contributed by atoms with Crippen molar-refractivity contribution in [2.45, 2.75) is 26.4 Å². The van der Waals surface area contributed by atoms with Gasteiger partial charge in [-0.1, -0.05) is 17.7 Å². The zero-order valence-electron chi connectivity index (χ0n) is 14.6. The molecule has 0 fully saturated rings. The number of pyridine rings is 1. The summed E-state index contributed by atoms with van der Waals surface area (Å²) < 4.78 is 0. The van der Waals surface area contributed by atoms with Gasteiger partial charge in [0.1, 0.15) is 11.6 Å². The number of nitrogens with zero attached hydrogens (tertiary/aromatic N) is 3. The second-order valence-corrected chi connectivity index (χ2v) is 6.67. The Morgan fingerprint density at radius 2 is 2.04 bits per heavy atom. The molecule has 0 unspecified atom stereocenters. The molecule has 0 aliphatic carbocycles. The van der Waals surface area contributed by atoms with Crippen molar-refractivity contribution in [1.82, 2.24) is 19.9 Å². The van der Waals surface area contributed by atoms with Crippen LogP contribution in [-0.4, -0.2) is 31.5 Å². The van der Waals surface area contributed by atoms with E-state index in [1.54, 1.807) is 18.5 Å². The number of aromatic nitrogens is 3. The van der Waals surface area contributed by atoms with E-state index in [-0.39, 0.29) is 5.56 Å². The molecule has 0 amide bonds. The number of H-pyrrole nitrogens is 1. The Morgan fingerprint density at radius 3 is 2.85 bits per heavy atom. The van der Waals surface area contributed by atoms with Crippen molar-refractivity contribution in [1.29, 1.82) is 0 Å². The molecule has 1 aliphatic heterocycles. The van der Waals surface area contributed by atoms with Crippen LogP contribution in [0.25, 0.3) is 11.4 Å². The maximum absolute atomic E-state index is 12.6. The number of aryl methyl sites for hydroxylation is 1. The van der Waals surface area contributed by atoms with E-state index in [0.717, 1.165) is 28.9 Å². The number of fused-ring (bicyclic) bond motifs is 1. The topological polar surface area (TPSA) is 82.1 Å². The standard InChI is InChI=1S/C20H20N4O2/c1-13-2-3-18(25)15(10-13)11-24-9-6-17-16(12-24)20(26)23-19(22-17)14-4-7-21-8-5-14/h2-5,7-8,10,25H,6,9,11-12H2,1H3,(H,22,23,26). The van der Waals surface area contributed by atoms with E-state index >= 15 is 0 Å². The van der Waals surface area contributed by atoms with Crippen molar-refractivity contribution in [3.8, 4) is 17.1 Å². The Labute approximate surface area is 151 Å². The van der Waals surface area contributed by atoms with Crippen LogP contribution >= 0.6 is 0 Å². The highest BCUT2D eigenvalue weighted by Crippen LogP contribution is 2.23. The van der Waals surface area contributed by atoms with Gasteiger partial charge in [0.2, 0.25) is 0 Å². The zero-order valence-corrected chi connectivity index (χ0v) is 14.6. The molecule has 3 heterocycles. The van der Waals surface area contributed by atoms with Gasteiger partial charge in [0.05, 0.1) is 11.3 Å². The van der Waals surface area contributed by atoms with Crippen LogP contribution in [0.4, 0.5) is 0 Å². The highest BCUT2D eigenvalue weighted by molar-refractivity contribution is 5.54. The van der Waals surface area contributed by atoms with Crippen LogP contribution in [0, 0.1) is 6.92 Å². The summed E-state index contributed by atoms with van der Waals surface area (Å²) >= 11 is 0. The second-order valence-electron chi connectivity index (χ2n) is 6.67. The van der Waals surface area contributed by atoms with Gasteiger partial charge in [-0.3, -0.25) is 14.7 Å². The highest BCUT2D eigenvalue weighted by atomic mass is 16.3. The fourth-order valence-electron chi connectivity index (χ4n) is 3.34. The van der Waals surface area contributed by atoms with Gasteiger partial charge in [-0.2, -0.15) is 0 Å². The molecule has 1 aromatic carbocycles. The Balaban J connectivity index is 1.59. The Hall–Kier alpha value is -2.99. The Bertz CT molecular complexity index is 998. The molecule has 6 nitrogen and oxygen atoms in total. The van der Waals surface area contributed by atoms with E-state index in [2.05, 4.69) is 19.9 Å². The van der Waals surface area contributed by atoms with Crippen LogP contribution in [0.5, 0.6) is 5.75 Å². The number of aromatic hydroxyl groups is 1. The normalized spacial score (nSPS) is 14.2. The molecular formula is C20H20N4O2. The molecule has 26 heavy (non-hydrogen) atoms. The predicted molar refractivity (Wildman–Crippen MR) is 98.8 cm³/mol. The third-order valence-electron chi connectivity index (χ3n) is 4.73. The molecule has 132 valence electrons. The maximum atomic E-state index is 12.6. The first-order chi connectivity index (χ1) is 12.6. The summed E-state index contributed by atoms with van der Waals surface area (Å²) in [5, 5.41) is 10.1. The molecule has 0 spiro atoms. The fourth-order valence-corrected chi connectivity index (χ4v) is 3.34. The van der Waals surface area contributed by atoms with Crippen LogP contribution in [0.3, 0.4) is 0 Å². The lowest BCUT2D eigenvalue weighted by Crippen LogP contribution is -2.35. The number of rotatable bonds is 3. The van der Waals surface area contributed by atoms with Gasteiger partial charge in [0, 0.05) is 49.6 Å². The first-order valence-corrected chi connectivity index (χ1v) is 8.63. The van der Waals surface area contributed by atoms with Crippen molar-refractivity contribution < 1.29 is 5.11 Å². The minimum Gasteiger partial charge on any atom is -0.508 e. The van der Waals surface area contributed by atoms with Crippen molar-refractivity contribution >= 4 is 0 Å². The molecular weight excluding hydrogens is 328 g/mol. The molecule has 0 saturated heterocycles. The van der Waals surface area contributed by atoms with Crippen molar-refractivity contribution in [3.63, 3.8) is 0 Å². The van der Waals surface area contributed by atoms with Crippen LogP contribution in [0.15, 0.2) is 47.5 Å². The van der Waals surface area contributed by atoms with Crippen LogP contribution < -0.4 is 5.56 Å². The molecule has 6 heteroatoms. The van der Waals surface area contributed by atoms with Crippen molar-refractivity contribution in [3.05, 3.63) is 75.5 Å². The number of hydrogen-bond donors (Lipinski definition) is 2. The highest BCUT2D eigenvalue weighted by Gasteiger charge is 2.22. The lowest BCUT2D eigenvalue weighted by Gasteiger charge is -2.28. The van der Waals surface area contributed by atoms with E-state index in [1.807, 2.05) is 31.2 Å². The van der Waals surface area contributed by atoms with E-state index in [4.69, 9.17) is 0 Å². The van der Waals surface area contributed by atoms with Crippen molar-refractivity contribution in [2.75, 3.05) is 6.54 Å². The van der Waals surface area contributed by atoms with E-state index in [1.165, 1.54) is 0 Å². The van der Waals surface area contributed by atoms with Crippen molar-refractivity contribution in [2.24, 2.45) is 0 Å². The molecule has 0 radical (unpaired) electrons. The molecule has 1 aliphatic rings. The zero-order chi connectivity index (χ0) is 18.1. The molecule has 3 aromatic rings. The number of phenols is 1. The first kappa shape index (κ1) is 16.5. The van der Waals surface area contributed by atoms with Gasteiger partial charge in [-0.05, 0) is 25.1 Å². The molecule has 2 aromatic heterocycles. The van der Waals surface area contributed by atoms with Gasteiger partial charge in [-0.15, -0.1) is 0 Å². The minimum atomic E-state index is -0.0972. The SMILES string of the molecule is Cc1ccc(O)c(CN2CCc3nc(-c4ccncc4)[nH]c(=O)c3C2)c1. The molecule has 0 saturated carbocycles. The Kier molecular flexibility index (Phi) is 4.26. The second kappa shape index (κ2) is 6.72. The van der Waals surface area contributed by atoms with Gasteiger partial charge >= 0.3 is 0 Å².